The van der Waals surface area contributed by atoms with Crippen LogP contribution in [0.4, 0.5) is 5.95 Å². The Kier molecular flexibility index (Phi) is 2.74. The number of rotatable bonds is 4. The van der Waals surface area contributed by atoms with Gasteiger partial charge in [-0.3, -0.25) is 5.10 Å². The highest BCUT2D eigenvalue weighted by molar-refractivity contribution is 5.30. The van der Waals surface area contributed by atoms with E-state index in [1.54, 1.807) is 6.20 Å². The molecule has 1 aliphatic rings. The molecule has 1 N–H and O–H groups in total. The predicted molar refractivity (Wildman–Crippen MR) is 69.4 cm³/mol. The first kappa shape index (κ1) is 11.2. The van der Waals surface area contributed by atoms with Crippen LogP contribution in [0.25, 0.3) is 0 Å². The lowest BCUT2D eigenvalue weighted by molar-refractivity contribution is 0.825. The molecule has 0 atom stereocenters. The smallest absolute Gasteiger partial charge is 0.225 e. The molecule has 0 bridgehead atoms. The first-order chi connectivity index (χ1) is 8.72. The minimum atomic E-state index is 0.690. The number of aryl methyl sites for hydroxylation is 1. The third kappa shape index (κ3) is 2.34. The van der Waals surface area contributed by atoms with Gasteiger partial charge in [0.05, 0.1) is 17.9 Å². The van der Waals surface area contributed by atoms with E-state index < -0.39 is 0 Å². The average Bonchev–Trinajstić information content (AvgIpc) is 3.11. The summed E-state index contributed by atoms with van der Waals surface area (Å²) in [6.07, 6.45) is 4.35. The zero-order valence-corrected chi connectivity index (χ0v) is 10.7. The Hall–Kier alpha value is -1.91. The number of aromatic nitrogens is 4. The highest BCUT2D eigenvalue weighted by atomic mass is 15.2. The van der Waals surface area contributed by atoms with Gasteiger partial charge < -0.3 is 4.90 Å². The van der Waals surface area contributed by atoms with Gasteiger partial charge in [-0.05, 0) is 31.9 Å². The van der Waals surface area contributed by atoms with Crippen LogP contribution in [-0.4, -0.2) is 27.2 Å². The van der Waals surface area contributed by atoms with E-state index in [2.05, 4.69) is 26.2 Å². The van der Waals surface area contributed by atoms with Gasteiger partial charge in [0.15, 0.2) is 0 Å². The Bertz CT molecular complexity index is 544. The summed E-state index contributed by atoms with van der Waals surface area (Å²) in [5.74, 6) is 1.44. The summed E-state index contributed by atoms with van der Waals surface area (Å²) in [5, 5.41) is 7.45. The number of anilines is 1. The SMILES string of the molecule is Cc1ccnc(N(C)Cc2cc(C3CC3)n[nH]2)n1. The summed E-state index contributed by atoms with van der Waals surface area (Å²) in [7, 11) is 1.99. The average molecular weight is 243 g/mol. The van der Waals surface area contributed by atoms with Crippen molar-refractivity contribution in [2.24, 2.45) is 0 Å². The molecule has 2 heterocycles. The molecule has 0 aromatic carbocycles. The highest BCUT2D eigenvalue weighted by Gasteiger charge is 2.26. The molecule has 0 unspecified atom stereocenters. The minimum absolute atomic E-state index is 0.690. The lowest BCUT2D eigenvalue weighted by Crippen LogP contribution is -2.19. The lowest BCUT2D eigenvalue weighted by Gasteiger charge is -2.15. The van der Waals surface area contributed by atoms with E-state index in [0.717, 1.165) is 23.9 Å². The Morgan fingerprint density at radius 3 is 3.00 bits per heavy atom. The topological polar surface area (TPSA) is 57.7 Å². The zero-order valence-electron chi connectivity index (χ0n) is 10.7. The number of H-pyrrole nitrogens is 1. The molecule has 1 fully saturated rings. The van der Waals surface area contributed by atoms with E-state index in [-0.39, 0.29) is 0 Å². The van der Waals surface area contributed by atoms with Crippen molar-refractivity contribution in [3.05, 3.63) is 35.4 Å². The standard InChI is InChI=1S/C13H17N5/c1-9-5-6-14-13(15-9)18(2)8-11-7-12(17-16-11)10-3-4-10/h5-7,10H,3-4,8H2,1-2H3,(H,16,17). The fraction of sp³-hybridized carbons (Fsp3) is 0.462. The molecule has 2 aromatic heterocycles. The highest BCUT2D eigenvalue weighted by Crippen LogP contribution is 2.39. The fourth-order valence-electron chi connectivity index (χ4n) is 1.99. The molecule has 2 aromatic rings. The van der Waals surface area contributed by atoms with Crippen LogP contribution >= 0.6 is 0 Å². The van der Waals surface area contributed by atoms with Gasteiger partial charge in [0, 0.05) is 24.9 Å². The molecule has 0 radical (unpaired) electrons. The molecular weight excluding hydrogens is 226 g/mol. The van der Waals surface area contributed by atoms with Gasteiger partial charge in [0.25, 0.3) is 0 Å². The molecule has 0 saturated heterocycles. The van der Waals surface area contributed by atoms with Crippen LogP contribution in [-0.2, 0) is 6.54 Å². The van der Waals surface area contributed by atoms with Crippen molar-refractivity contribution in [2.75, 3.05) is 11.9 Å². The molecule has 1 aliphatic carbocycles. The van der Waals surface area contributed by atoms with Crippen molar-refractivity contribution in [1.82, 2.24) is 20.2 Å². The molecule has 94 valence electrons. The van der Waals surface area contributed by atoms with Crippen LogP contribution < -0.4 is 4.90 Å². The summed E-state index contributed by atoms with van der Waals surface area (Å²) in [5.41, 5.74) is 3.29. The van der Waals surface area contributed by atoms with Crippen molar-refractivity contribution >= 4 is 5.95 Å². The van der Waals surface area contributed by atoms with Crippen LogP contribution in [0.3, 0.4) is 0 Å². The molecule has 0 amide bonds. The number of hydrogen-bond acceptors (Lipinski definition) is 4. The third-order valence-electron chi connectivity index (χ3n) is 3.18. The molecule has 1 saturated carbocycles. The Morgan fingerprint density at radius 2 is 2.28 bits per heavy atom. The zero-order chi connectivity index (χ0) is 12.5. The molecular formula is C13H17N5. The Morgan fingerprint density at radius 1 is 1.44 bits per heavy atom. The normalized spacial score (nSPS) is 14.8. The van der Waals surface area contributed by atoms with Crippen molar-refractivity contribution in [3.63, 3.8) is 0 Å². The van der Waals surface area contributed by atoms with Crippen LogP contribution in [0.1, 0.15) is 35.8 Å². The molecule has 5 nitrogen and oxygen atoms in total. The molecule has 0 aliphatic heterocycles. The van der Waals surface area contributed by atoms with Crippen LogP contribution in [0.2, 0.25) is 0 Å². The lowest BCUT2D eigenvalue weighted by atomic mass is 10.2. The Balaban J connectivity index is 1.70. The van der Waals surface area contributed by atoms with E-state index in [9.17, 15) is 0 Å². The monoisotopic (exact) mass is 243 g/mol. The third-order valence-corrected chi connectivity index (χ3v) is 3.18. The van der Waals surface area contributed by atoms with Gasteiger partial charge in [0.1, 0.15) is 0 Å². The minimum Gasteiger partial charge on any atom is -0.338 e. The first-order valence-corrected chi connectivity index (χ1v) is 6.27. The van der Waals surface area contributed by atoms with Crippen LogP contribution in [0.5, 0.6) is 0 Å². The predicted octanol–water partition coefficient (Wildman–Crippen LogP) is 2.02. The van der Waals surface area contributed by atoms with Crippen molar-refractivity contribution in [2.45, 2.75) is 32.2 Å². The summed E-state index contributed by atoms with van der Waals surface area (Å²) in [6, 6.07) is 4.06. The number of nitrogens with zero attached hydrogens (tertiary/aromatic N) is 4. The van der Waals surface area contributed by atoms with E-state index in [1.165, 1.54) is 18.5 Å². The van der Waals surface area contributed by atoms with Crippen molar-refractivity contribution in [3.8, 4) is 0 Å². The summed E-state index contributed by atoms with van der Waals surface area (Å²) >= 11 is 0. The number of hydrogen-bond donors (Lipinski definition) is 1. The first-order valence-electron chi connectivity index (χ1n) is 6.27. The number of aromatic amines is 1. The van der Waals surface area contributed by atoms with Crippen LogP contribution in [0.15, 0.2) is 18.3 Å². The van der Waals surface area contributed by atoms with Gasteiger partial charge in [-0.2, -0.15) is 5.10 Å². The quantitative estimate of drug-likeness (QED) is 0.892. The van der Waals surface area contributed by atoms with Gasteiger partial charge >= 0.3 is 0 Å². The van der Waals surface area contributed by atoms with Crippen LogP contribution in [0, 0.1) is 6.92 Å². The largest absolute Gasteiger partial charge is 0.338 e. The second-order valence-electron chi connectivity index (χ2n) is 4.95. The van der Waals surface area contributed by atoms with E-state index >= 15 is 0 Å². The van der Waals surface area contributed by atoms with Gasteiger partial charge in [0.2, 0.25) is 5.95 Å². The summed E-state index contributed by atoms with van der Waals surface area (Å²) in [6.45, 7) is 2.73. The van der Waals surface area contributed by atoms with Gasteiger partial charge in [-0.25, -0.2) is 9.97 Å². The van der Waals surface area contributed by atoms with E-state index in [0.29, 0.717) is 5.92 Å². The second-order valence-corrected chi connectivity index (χ2v) is 4.95. The maximum atomic E-state index is 4.40. The van der Waals surface area contributed by atoms with E-state index in [4.69, 9.17) is 0 Å². The maximum Gasteiger partial charge on any atom is 0.225 e. The molecule has 3 rings (SSSR count). The number of nitrogens with one attached hydrogen (secondary N) is 1. The maximum absolute atomic E-state index is 4.40. The van der Waals surface area contributed by atoms with Gasteiger partial charge in [-0.15, -0.1) is 0 Å². The summed E-state index contributed by atoms with van der Waals surface area (Å²) in [4.78, 5) is 10.7. The fourth-order valence-corrected chi connectivity index (χ4v) is 1.99. The second kappa shape index (κ2) is 4.40. The summed E-state index contributed by atoms with van der Waals surface area (Å²) < 4.78 is 0. The molecule has 5 heteroatoms. The Labute approximate surface area is 106 Å². The van der Waals surface area contributed by atoms with E-state index in [1.807, 2.05) is 24.9 Å². The van der Waals surface area contributed by atoms with Crippen molar-refractivity contribution in [1.29, 1.82) is 0 Å². The molecule has 18 heavy (non-hydrogen) atoms. The van der Waals surface area contributed by atoms with Crippen molar-refractivity contribution < 1.29 is 0 Å². The molecule has 0 spiro atoms. The van der Waals surface area contributed by atoms with Gasteiger partial charge in [-0.1, -0.05) is 0 Å².